The van der Waals surface area contributed by atoms with Gasteiger partial charge in [0.2, 0.25) is 0 Å². The van der Waals surface area contributed by atoms with Crippen LogP contribution in [0.1, 0.15) is 5.56 Å². The normalized spacial score (nSPS) is 10.6. The van der Waals surface area contributed by atoms with Gasteiger partial charge in [0.15, 0.2) is 0 Å². The zero-order chi connectivity index (χ0) is 12.1. The lowest BCUT2D eigenvalue weighted by atomic mass is 10.1. The Balaban J connectivity index is 2.93. The molecule has 0 saturated carbocycles. The summed E-state index contributed by atoms with van der Waals surface area (Å²) in [5.41, 5.74) is 0.384. The van der Waals surface area contributed by atoms with Gasteiger partial charge in [-0.3, -0.25) is 4.79 Å². The van der Waals surface area contributed by atoms with Gasteiger partial charge in [-0.25, -0.2) is 0 Å². The second-order valence-electron chi connectivity index (χ2n) is 2.98. The first kappa shape index (κ1) is 13.6. The molecule has 1 aromatic carbocycles. The van der Waals surface area contributed by atoms with Gasteiger partial charge in [-0.15, -0.1) is 0 Å². The van der Waals surface area contributed by atoms with Crippen molar-refractivity contribution in [2.75, 3.05) is 4.43 Å². The number of rotatable bonds is 5. The Bertz CT molecular complexity index is 385. The predicted octanol–water partition coefficient (Wildman–Crippen LogP) is 3.49. The largest absolute Gasteiger partial charge is 0.435 e. The molecule has 1 rings (SSSR count). The number of alkyl halides is 3. The highest BCUT2D eigenvalue weighted by atomic mass is 127. The first-order valence-electron chi connectivity index (χ1n) is 4.34. The van der Waals surface area contributed by atoms with E-state index in [-0.39, 0.29) is 18.0 Å². The zero-order valence-electron chi connectivity index (χ0n) is 8.05. The molecule has 1 aromatic rings. The molecule has 88 valence electrons. The Hall–Kier alpha value is -0.430. The maximum atomic E-state index is 12.1. The van der Waals surface area contributed by atoms with Crippen LogP contribution in [-0.2, 0) is 11.2 Å². The minimum absolute atomic E-state index is 0.00222. The van der Waals surface area contributed by atoms with Crippen molar-refractivity contribution in [3.8, 4) is 5.75 Å². The number of halogens is 4. The van der Waals surface area contributed by atoms with E-state index in [1.165, 1.54) is 18.2 Å². The SMILES string of the molecule is O=C(CI)Cc1cc(Cl)ccc1OC(F)F. The Morgan fingerprint density at radius 3 is 2.75 bits per heavy atom. The average molecular weight is 361 g/mol. The summed E-state index contributed by atoms with van der Waals surface area (Å²) in [5.74, 6) is -0.0698. The van der Waals surface area contributed by atoms with E-state index in [0.717, 1.165) is 0 Å². The van der Waals surface area contributed by atoms with E-state index < -0.39 is 6.61 Å². The van der Waals surface area contributed by atoms with Crippen LogP contribution in [0.4, 0.5) is 8.78 Å². The predicted molar refractivity (Wildman–Crippen MR) is 65.7 cm³/mol. The molecule has 6 heteroatoms. The second kappa shape index (κ2) is 6.34. The summed E-state index contributed by atoms with van der Waals surface area (Å²) in [6, 6.07) is 4.24. The van der Waals surface area contributed by atoms with Crippen molar-refractivity contribution >= 4 is 40.0 Å². The number of ketones is 1. The van der Waals surface area contributed by atoms with Crippen molar-refractivity contribution in [1.82, 2.24) is 0 Å². The van der Waals surface area contributed by atoms with E-state index in [1.807, 2.05) is 22.6 Å². The lowest BCUT2D eigenvalue weighted by Crippen LogP contribution is -2.08. The van der Waals surface area contributed by atoms with Crippen molar-refractivity contribution in [3.05, 3.63) is 28.8 Å². The smallest absolute Gasteiger partial charge is 0.387 e. The van der Waals surface area contributed by atoms with E-state index in [2.05, 4.69) is 4.74 Å². The maximum absolute atomic E-state index is 12.1. The van der Waals surface area contributed by atoms with Crippen LogP contribution in [0.5, 0.6) is 5.75 Å². The molecule has 0 unspecified atom stereocenters. The van der Waals surface area contributed by atoms with Crippen molar-refractivity contribution in [2.45, 2.75) is 13.0 Å². The molecule has 0 N–H and O–H groups in total. The number of benzene rings is 1. The summed E-state index contributed by atoms with van der Waals surface area (Å²) >= 11 is 7.64. The molecular formula is C10H8ClF2IO2. The molecular weight excluding hydrogens is 352 g/mol. The van der Waals surface area contributed by atoms with Crippen LogP contribution in [0.15, 0.2) is 18.2 Å². The summed E-state index contributed by atoms with van der Waals surface area (Å²) in [6.45, 7) is -2.91. The summed E-state index contributed by atoms with van der Waals surface area (Å²) in [4.78, 5) is 11.2. The molecule has 0 atom stereocenters. The van der Waals surface area contributed by atoms with Gasteiger partial charge in [0.25, 0.3) is 0 Å². The Labute approximate surface area is 110 Å². The molecule has 16 heavy (non-hydrogen) atoms. The summed E-state index contributed by atoms with van der Waals surface area (Å²) in [7, 11) is 0. The van der Waals surface area contributed by atoms with Gasteiger partial charge in [0.05, 0.1) is 4.43 Å². The quantitative estimate of drug-likeness (QED) is 0.593. The third-order valence-electron chi connectivity index (χ3n) is 1.78. The number of hydrogen-bond acceptors (Lipinski definition) is 2. The molecule has 0 aliphatic heterocycles. The standard InChI is InChI=1S/C10H8ClF2IO2/c11-7-1-2-9(16-10(12)13)6(3-7)4-8(15)5-14/h1-3,10H,4-5H2. The van der Waals surface area contributed by atoms with Crippen LogP contribution in [0, 0.1) is 0 Å². The van der Waals surface area contributed by atoms with Gasteiger partial charge in [0, 0.05) is 17.0 Å². The number of ether oxygens (including phenoxy) is 1. The number of carbonyl (C=O) groups is 1. The summed E-state index contributed by atoms with van der Waals surface area (Å²) in [5, 5.41) is 0.387. The highest BCUT2D eigenvalue weighted by Crippen LogP contribution is 2.25. The van der Waals surface area contributed by atoms with Gasteiger partial charge >= 0.3 is 6.61 Å². The van der Waals surface area contributed by atoms with E-state index in [4.69, 9.17) is 11.6 Å². The fraction of sp³-hybridized carbons (Fsp3) is 0.300. The van der Waals surface area contributed by atoms with Crippen molar-refractivity contribution < 1.29 is 18.3 Å². The maximum Gasteiger partial charge on any atom is 0.387 e. The Kier molecular flexibility index (Phi) is 5.40. The molecule has 0 radical (unpaired) electrons. The van der Waals surface area contributed by atoms with Gasteiger partial charge in [0.1, 0.15) is 11.5 Å². The fourth-order valence-corrected chi connectivity index (χ4v) is 1.62. The molecule has 0 bridgehead atoms. The Morgan fingerprint density at radius 2 is 2.19 bits per heavy atom. The van der Waals surface area contributed by atoms with Gasteiger partial charge in [-0.2, -0.15) is 8.78 Å². The number of hydrogen-bond donors (Lipinski definition) is 0. The molecule has 0 amide bonds. The van der Waals surface area contributed by atoms with Crippen molar-refractivity contribution in [2.24, 2.45) is 0 Å². The highest BCUT2D eigenvalue weighted by molar-refractivity contribution is 14.1. The van der Waals surface area contributed by atoms with E-state index in [1.54, 1.807) is 0 Å². The van der Waals surface area contributed by atoms with Crippen LogP contribution in [0.25, 0.3) is 0 Å². The first-order chi connectivity index (χ1) is 7.52. The molecule has 0 aliphatic rings. The van der Waals surface area contributed by atoms with Crippen molar-refractivity contribution in [1.29, 1.82) is 0 Å². The molecule has 0 saturated heterocycles. The highest BCUT2D eigenvalue weighted by Gasteiger charge is 2.12. The average Bonchev–Trinajstić information content (AvgIpc) is 2.21. The second-order valence-corrected chi connectivity index (χ2v) is 4.18. The van der Waals surface area contributed by atoms with E-state index in [0.29, 0.717) is 15.0 Å². The summed E-state index contributed by atoms with van der Waals surface area (Å²) in [6.07, 6.45) is 0.0472. The number of Topliss-reactive ketones (excluding diaryl/α,β-unsaturated/α-hetero) is 1. The van der Waals surface area contributed by atoms with Crippen LogP contribution in [-0.4, -0.2) is 16.8 Å². The molecule has 0 aliphatic carbocycles. The lowest BCUT2D eigenvalue weighted by Gasteiger charge is -2.10. The van der Waals surface area contributed by atoms with Crippen LogP contribution >= 0.6 is 34.2 Å². The van der Waals surface area contributed by atoms with E-state index >= 15 is 0 Å². The van der Waals surface area contributed by atoms with Gasteiger partial charge in [-0.1, -0.05) is 34.2 Å². The van der Waals surface area contributed by atoms with Crippen LogP contribution in [0.3, 0.4) is 0 Å². The van der Waals surface area contributed by atoms with Crippen LogP contribution in [0.2, 0.25) is 5.02 Å². The fourth-order valence-electron chi connectivity index (χ4n) is 1.16. The molecule has 0 heterocycles. The molecule has 0 fully saturated rings. The molecule has 0 aromatic heterocycles. The third kappa shape index (κ3) is 4.21. The topological polar surface area (TPSA) is 26.3 Å². The molecule has 2 nitrogen and oxygen atoms in total. The van der Waals surface area contributed by atoms with Gasteiger partial charge < -0.3 is 4.74 Å². The lowest BCUT2D eigenvalue weighted by molar-refractivity contribution is -0.115. The monoisotopic (exact) mass is 360 g/mol. The minimum atomic E-state index is -2.91. The summed E-state index contributed by atoms with van der Waals surface area (Å²) < 4.78 is 28.8. The van der Waals surface area contributed by atoms with Crippen molar-refractivity contribution in [3.63, 3.8) is 0 Å². The first-order valence-corrected chi connectivity index (χ1v) is 6.24. The zero-order valence-corrected chi connectivity index (χ0v) is 11.0. The van der Waals surface area contributed by atoms with Crippen LogP contribution < -0.4 is 4.74 Å². The Morgan fingerprint density at radius 1 is 1.50 bits per heavy atom. The minimum Gasteiger partial charge on any atom is -0.435 e. The third-order valence-corrected chi connectivity index (χ3v) is 2.86. The van der Waals surface area contributed by atoms with E-state index in [9.17, 15) is 13.6 Å². The number of carbonyl (C=O) groups excluding carboxylic acids is 1. The molecule has 0 spiro atoms. The van der Waals surface area contributed by atoms with Gasteiger partial charge in [-0.05, 0) is 18.2 Å².